The van der Waals surface area contributed by atoms with Crippen LogP contribution in [0.1, 0.15) is 15.9 Å². The van der Waals surface area contributed by atoms with Gasteiger partial charge in [-0.15, -0.1) is 0 Å². The second-order valence-corrected chi connectivity index (χ2v) is 3.86. The SMILES string of the molecule is COc1cccc2c1CCN(CC(=O)O)C2=O. The van der Waals surface area contributed by atoms with Crippen molar-refractivity contribution in [1.82, 2.24) is 4.90 Å². The van der Waals surface area contributed by atoms with E-state index in [0.717, 1.165) is 5.56 Å². The van der Waals surface area contributed by atoms with Crippen LogP contribution in [0.15, 0.2) is 18.2 Å². The molecule has 5 nitrogen and oxygen atoms in total. The molecular formula is C12H13NO4. The highest BCUT2D eigenvalue weighted by Crippen LogP contribution is 2.27. The molecule has 1 aromatic carbocycles. The van der Waals surface area contributed by atoms with Crippen LogP contribution < -0.4 is 4.74 Å². The van der Waals surface area contributed by atoms with E-state index < -0.39 is 5.97 Å². The third-order valence-corrected chi connectivity index (χ3v) is 2.83. The molecule has 0 fully saturated rings. The molecule has 0 aliphatic carbocycles. The number of carboxylic acids is 1. The molecule has 5 heteroatoms. The summed E-state index contributed by atoms with van der Waals surface area (Å²) in [7, 11) is 1.56. The van der Waals surface area contributed by atoms with Crippen molar-refractivity contribution < 1.29 is 19.4 Å². The summed E-state index contributed by atoms with van der Waals surface area (Å²) in [6.07, 6.45) is 0.623. The third-order valence-electron chi connectivity index (χ3n) is 2.83. The number of carboxylic acid groups (broad SMARTS) is 1. The predicted octanol–water partition coefficient (Wildman–Crippen LogP) is 0.778. The van der Waals surface area contributed by atoms with Crippen LogP contribution in [0.25, 0.3) is 0 Å². The van der Waals surface area contributed by atoms with Crippen molar-refractivity contribution in [2.45, 2.75) is 6.42 Å². The van der Waals surface area contributed by atoms with Crippen LogP contribution in [0, 0.1) is 0 Å². The molecule has 1 aromatic rings. The number of hydrogen-bond donors (Lipinski definition) is 1. The maximum Gasteiger partial charge on any atom is 0.323 e. The average Bonchev–Trinajstić information content (AvgIpc) is 2.31. The quantitative estimate of drug-likeness (QED) is 0.840. The molecule has 0 radical (unpaired) electrons. The van der Waals surface area contributed by atoms with Crippen LogP contribution >= 0.6 is 0 Å². The molecule has 0 saturated carbocycles. The van der Waals surface area contributed by atoms with Crippen molar-refractivity contribution >= 4 is 11.9 Å². The van der Waals surface area contributed by atoms with Gasteiger partial charge in [0.05, 0.1) is 7.11 Å². The Morgan fingerprint density at radius 2 is 2.29 bits per heavy atom. The normalized spacial score (nSPS) is 14.4. The molecule has 1 amide bonds. The lowest BCUT2D eigenvalue weighted by Gasteiger charge is -2.28. The van der Waals surface area contributed by atoms with Crippen molar-refractivity contribution in [1.29, 1.82) is 0 Å². The Labute approximate surface area is 98.6 Å². The van der Waals surface area contributed by atoms with Gasteiger partial charge in [0.2, 0.25) is 0 Å². The Morgan fingerprint density at radius 3 is 2.94 bits per heavy atom. The summed E-state index contributed by atoms with van der Waals surface area (Å²) in [6.45, 7) is 0.161. The minimum atomic E-state index is -0.996. The van der Waals surface area contributed by atoms with E-state index in [4.69, 9.17) is 9.84 Å². The van der Waals surface area contributed by atoms with E-state index in [0.29, 0.717) is 24.3 Å². The number of ether oxygens (including phenoxy) is 1. The van der Waals surface area contributed by atoms with E-state index in [1.807, 2.05) is 0 Å². The molecule has 0 aromatic heterocycles. The van der Waals surface area contributed by atoms with Gasteiger partial charge in [0, 0.05) is 17.7 Å². The molecule has 0 saturated heterocycles. The zero-order valence-electron chi connectivity index (χ0n) is 9.47. The van der Waals surface area contributed by atoms with Gasteiger partial charge in [-0.25, -0.2) is 0 Å². The molecule has 17 heavy (non-hydrogen) atoms. The van der Waals surface area contributed by atoms with E-state index in [2.05, 4.69) is 0 Å². The topological polar surface area (TPSA) is 66.8 Å². The number of methoxy groups -OCH3 is 1. The molecule has 2 rings (SSSR count). The van der Waals surface area contributed by atoms with Crippen molar-refractivity contribution in [3.05, 3.63) is 29.3 Å². The summed E-state index contributed by atoms with van der Waals surface area (Å²) in [6, 6.07) is 5.24. The van der Waals surface area contributed by atoms with Gasteiger partial charge in [0.15, 0.2) is 0 Å². The first kappa shape index (κ1) is 11.4. The first-order valence-corrected chi connectivity index (χ1v) is 5.30. The molecule has 1 heterocycles. The van der Waals surface area contributed by atoms with E-state index in [9.17, 15) is 9.59 Å². The summed E-state index contributed by atoms with van der Waals surface area (Å²) in [5.41, 5.74) is 1.40. The number of hydrogen-bond acceptors (Lipinski definition) is 3. The maximum atomic E-state index is 12.0. The molecule has 0 unspecified atom stereocenters. The zero-order chi connectivity index (χ0) is 12.4. The third kappa shape index (κ3) is 2.08. The monoisotopic (exact) mass is 235 g/mol. The van der Waals surface area contributed by atoms with Crippen molar-refractivity contribution in [2.75, 3.05) is 20.2 Å². The number of rotatable bonds is 3. The Morgan fingerprint density at radius 1 is 1.53 bits per heavy atom. The molecule has 0 atom stereocenters. The molecule has 0 bridgehead atoms. The first-order valence-electron chi connectivity index (χ1n) is 5.30. The predicted molar refractivity (Wildman–Crippen MR) is 60.2 cm³/mol. The lowest BCUT2D eigenvalue weighted by atomic mass is 9.98. The minimum absolute atomic E-state index is 0.243. The highest BCUT2D eigenvalue weighted by molar-refractivity contribution is 5.98. The lowest BCUT2D eigenvalue weighted by Crippen LogP contribution is -2.40. The zero-order valence-corrected chi connectivity index (χ0v) is 9.47. The Kier molecular flexibility index (Phi) is 2.99. The van der Waals surface area contributed by atoms with Crippen LogP contribution in [0.3, 0.4) is 0 Å². The Bertz CT molecular complexity index is 470. The summed E-state index contributed by atoms with van der Waals surface area (Å²) < 4.78 is 5.19. The van der Waals surface area contributed by atoms with Crippen LogP contribution in [-0.4, -0.2) is 42.1 Å². The van der Waals surface area contributed by atoms with E-state index in [1.165, 1.54) is 4.90 Å². The molecule has 0 spiro atoms. The standard InChI is InChI=1S/C12H13NO4/c1-17-10-4-2-3-9-8(10)5-6-13(12(9)16)7-11(14)15/h2-4H,5-7H2,1H3,(H,14,15). The van der Waals surface area contributed by atoms with Gasteiger partial charge in [-0.3, -0.25) is 9.59 Å². The van der Waals surface area contributed by atoms with E-state index >= 15 is 0 Å². The minimum Gasteiger partial charge on any atom is -0.496 e. The van der Waals surface area contributed by atoms with Gasteiger partial charge < -0.3 is 14.7 Å². The van der Waals surface area contributed by atoms with Gasteiger partial charge in [-0.2, -0.15) is 0 Å². The summed E-state index contributed by atoms with van der Waals surface area (Å²) in [5.74, 6) is -0.553. The van der Waals surface area contributed by atoms with Gasteiger partial charge >= 0.3 is 5.97 Å². The average molecular weight is 235 g/mol. The van der Waals surface area contributed by atoms with Gasteiger partial charge in [-0.05, 0) is 18.6 Å². The van der Waals surface area contributed by atoms with Crippen molar-refractivity contribution in [2.24, 2.45) is 0 Å². The lowest BCUT2D eigenvalue weighted by molar-refractivity contribution is -0.137. The number of fused-ring (bicyclic) bond motifs is 1. The number of carbonyl (C=O) groups is 2. The molecule has 1 aliphatic heterocycles. The largest absolute Gasteiger partial charge is 0.496 e. The number of nitrogens with zero attached hydrogens (tertiary/aromatic N) is 1. The fraction of sp³-hybridized carbons (Fsp3) is 0.333. The summed E-state index contributed by atoms with van der Waals surface area (Å²) in [5, 5.41) is 8.71. The number of benzene rings is 1. The molecular weight excluding hydrogens is 222 g/mol. The van der Waals surface area contributed by atoms with Crippen molar-refractivity contribution in [3.8, 4) is 5.75 Å². The molecule has 1 N–H and O–H groups in total. The second-order valence-electron chi connectivity index (χ2n) is 3.86. The van der Waals surface area contributed by atoms with Crippen LogP contribution in [-0.2, 0) is 11.2 Å². The smallest absolute Gasteiger partial charge is 0.323 e. The van der Waals surface area contributed by atoms with E-state index in [1.54, 1.807) is 25.3 Å². The number of carbonyl (C=O) groups excluding carboxylic acids is 1. The highest BCUT2D eigenvalue weighted by atomic mass is 16.5. The number of amides is 1. The molecule has 1 aliphatic rings. The second kappa shape index (κ2) is 4.45. The van der Waals surface area contributed by atoms with Gasteiger partial charge in [0.1, 0.15) is 12.3 Å². The summed E-state index contributed by atoms with van der Waals surface area (Å²) in [4.78, 5) is 24.0. The van der Waals surface area contributed by atoms with Gasteiger partial charge in [-0.1, -0.05) is 6.07 Å². The Hall–Kier alpha value is -2.04. The highest BCUT2D eigenvalue weighted by Gasteiger charge is 2.27. The van der Waals surface area contributed by atoms with Crippen LogP contribution in [0.5, 0.6) is 5.75 Å². The maximum absolute atomic E-state index is 12.0. The number of aliphatic carboxylic acids is 1. The fourth-order valence-electron chi connectivity index (χ4n) is 2.05. The van der Waals surface area contributed by atoms with E-state index in [-0.39, 0.29) is 12.5 Å². The van der Waals surface area contributed by atoms with Crippen LogP contribution in [0.4, 0.5) is 0 Å². The first-order chi connectivity index (χ1) is 8.13. The van der Waals surface area contributed by atoms with Gasteiger partial charge in [0.25, 0.3) is 5.91 Å². The summed E-state index contributed by atoms with van der Waals surface area (Å²) >= 11 is 0. The Balaban J connectivity index is 2.33. The molecule has 90 valence electrons. The van der Waals surface area contributed by atoms with Crippen LogP contribution in [0.2, 0.25) is 0 Å². The van der Waals surface area contributed by atoms with Crippen molar-refractivity contribution in [3.63, 3.8) is 0 Å². The fourth-order valence-corrected chi connectivity index (χ4v) is 2.05.